The smallest absolute Gasteiger partial charge is 0.252 e. The number of phenolic OH excluding ortho intramolecular Hbond substituents is 1. The number of fused-ring (bicyclic) bond motifs is 6. The second-order valence-electron chi connectivity index (χ2n) is 16.8. The van der Waals surface area contributed by atoms with E-state index in [-0.39, 0.29) is 36.5 Å². The number of Topliss-reactive ketones (excluding diaryl/α,β-unsaturated/α-hetero) is 1. The predicted molar refractivity (Wildman–Crippen MR) is 221 cm³/mol. The topological polar surface area (TPSA) is 185 Å². The summed E-state index contributed by atoms with van der Waals surface area (Å²) in [5.74, 6) is 9.63. The molecule has 7 atom stereocenters. The lowest BCUT2D eigenvalue weighted by molar-refractivity contribution is -0.891. The van der Waals surface area contributed by atoms with Gasteiger partial charge in [0, 0.05) is 30.2 Å². The van der Waals surface area contributed by atoms with E-state index in [1.165, 1.54) is 6.07 Å². The Hall–Kier alpha value is -4.46. The van der Waals surface area contributed by atoms with Crippen molar-refractivity contribution in [3.63, 3.8) is 0 Å². The fraction of sp³-hybridized carbons (Fsp3) is 0.532. The zero-order valence-corrected chi connectivity index (χ0v) is 33.8. The summed E-state index contributed by atoms with van der Waals surface area (Å²) in [5.41, 5.74) is 17.4. The summed E-state index contributed by atoms with van der Waals surface area (Å²) in [6.45, 7) is 4.67. The van der Waals surface area contributed by atoms with Crippen molar-refractivity contribution < 1.29 is 39.6 Å². The Morgan fingerprint density at radius 3 is 2.62 bits per heavy atom. The van der Waals surface area contributed by atoms with E-state index in [0.29, 0.717) is 42.7 Å². The lowest BCUT2D eigenvalue weighted by atomic mass is 9.73. The molecule has 58 heavy (non-hydrogen) atoms. The number of hydrogen-bond acceptors (Lipinski definition) is 10. The summed E-state index contributed by atoms with van der Waals surface area (Å²) in [6.07, 6.45) is 12.1. The first kappa shape index (κ1) is 41.7. The molecular weight excluding hydrogens is 733 g/mol. The zero-order valence-electron chi connectivity index (χ0n) is 33.8. The average Bonchev–Trinajstić information content (AvgIpc) is 3.94. The monoisotopic (exact) mass is 791 g/mol. The van der Waals surface area contributed by atoms with E-state index < -0.39 is 48.0 Å². The first-order valence-electron chi connectivity index (χ1n) is 21.3. The number of phenols is 1. The number of nitrogens with zero attached hydrogens (tertiary/aromatic N) is 1. The Labute approximate surface area is 342 Å². The third kappa shape index (κ3) is 8.91. The number of hydrogen-bond donors (Lipinski definition) is 7. The number of aliphatic hydroxyl groups excluding tert-OH is 3. The van der Waals surface area contributed by atoms with E-state index in [4.69, 9.17) is 25.9 Å². The van der Waals surface area contributed by atoms with Gasteiger partial charge in [-0.1, -0.05) is 88.3 Å². The molecule has 0 saturated heterocycles. The number of aromatic hydroxyl groups is 1. The maximum atomic E-state index is 13.8. The van der Waals surface area contributed by atoms with Gasteiger partial charge in [0.05, 0.1) is 23.8 Å². The highest BCUT2D eigenvalue weighted by atomic mass is 16.5. The highest BCUT2D eigenvalue weighted by molar-refractivity contribution is 5.87. The molecule has 2 aromatic carbocycles. The van der Waals surface area contributed by atoms with Gasteiger partial charge in [-0.15, -0.1) is 0 Å². The van der Waals surface area contributed by atoms with Crippen LogP contribution in [-0.2, 0) is 17.6 Å². The Morgan fingerprint density at radius 1 is 1.05 bits per heavy atom. The van der Waals surface area contributed by atoms with Crippen molar-refractivity contribution >= 4 is 12.0 Å². The molecular formula is C47H59N4O7+. The molecule has 4 aliphatic heterocycles. The standard InChI is InChI=1S/C47H58N4O7/c1-3-5-6-10-35(42(56)24-33(52)9-4-2)40(54)15-12-29-23-44-43(25-41(29)55)57-20-19-47(17-7-8-18-47)37-14-16-39(53)34-13-11-30(45(48)49)21-31(34)22-32-26-50-38-28-51(27-36(32)38)46(37)58-44/h11,13,21,23,25-26,28,33,35,37,39,42,45-46,52-53,55-56H,3-10,12,15,17-18,22,24,27,48-49H2,1-2H3/p+1. The minimum absolute atomic E-state index is 0.0434. The van der Waals surface area contributed by atoms with Crippen LogP contribution in [0.15, 0.2) is 58.4 Å². The molecule has 308 valence electrons. The number of carbonyl (C=O) groups excluding carboxylic acids is 1. The summed E-state index contributed by atoms with van der Waals surface area (Å²) in [7, 11) is 0. The number of unbranched alkanes of at least 4 members (excludes halogenated alkanes) is 2. The summed E-state index contributed by atoms with van der Waals surface area (Å²) in [6, 6.07) is 8.89. The summed E-state index contributed by atoms with van der Waals surface area (Å²) >= 11 is 0. The summed E-state index contributed by atoms with van der Waals surface area (Å²) < 4.78 is 13.2. The number of carbonyl (C=O) groups is 1. The Kier molecular flexibility index (Phi) is 13.1. The van der Waals surface area contributed by atoms with Crippen molar-refractivity contribution in [2.45, 2.75) is 134 Å². The molecule has 1 fully saturated rings. The molecule has 2 aromatic rings. The lowest BCUT2D eigenvalue weighted by Crippen LogP contribution is -3.12. The number of ketones is 1. The largest absolute Gasteiger partial charge is 0.508 e. The van der Waals surface area contributed by atoms with Gasteiger partial charge in [0.15, 0.2) is 11.5 Å². The number of nitrogens with one attached hydrogen (secondary N) is 1. The number of allylic oxidation sites excluding steroid dienone is 1. The molecule has 4 heterocycles. The van der Waals surface area contributed by atoms with Gasteiger partial charge in [-0.25, -0.2) is 0 Å². The van der Waals surface area contributed by atoms with E-state index in [1.54, 1.807) is 6.07 Å². The predicted octanol–water partition coefficient (Wildman–Crippen LogP) is 4.57. The molecule has 7 unspecified atom stereocenters. The van der Waals surface area contributed by atoms with Crippen molar-refractivity contribution in [1.29, 1.82) is 0 Å². The van der Waals surface area contributed by atoms with Gasteiger partial charge < -0.3 is 41.4 Å². The minimum atomic E-state index is -1.10. The van der Waals surface area contributed by atoms with Crippen LogP contribution in [0.2, 0.25) is 0 Å². The fourth-order valence-corrected chi connectivity index (χ4v) is 9.45. The van der Waals surface area contributed by atoms with Crippen LogP contribution in [0.5, 0.6) is 17.2 Å². The second kappa shape index (κ2) is 18.2. The molecule has 2 bridgehead atoms. The number of benzene rings is 2. The SMILES string of the molecule is CCCCCC(C(=O)CCc1cc2c(cc1O)OC#CC1(CCCC1)C1C#CC(O)c3ccc(C(N)N)cc3CC3=C4C[NH+](C=C4N=C3)C1O2)C(O)CC(O)CCC. The van der Waals surface area contributed by atoms with Crippen molar-refractivity contribution in [3.05, 3.63) is 75.6 Å². The van der Waals surface area contributed by atoms with Gasteiger partial charge in [0.2, 0.25) is 0 Å². The first-order chi connectivity index (χ1) is 28.0. The lowest BCUT2D eigenvalue weighted by Gasteiger charge is -2.36. The Balaban J connectivity index is 1.23. The maximum absolute atomic E-state index is 13.8. The van der Waals surface area contributed by atoms with Gasteiger partial charge in [0.1, 0.15) is 48.1 Å². The van der Waals surface area contributed by atoms with Gasteiger partial charge in [-0.2, -0.15) is 0 Å². The van der Waals surface area contributed by atoms with Crippen molar-refractivity contribution in [3.8, 4) is 41.1 Å². The van der Waals surface area contributed by atoms with Crippen LogP contribution in [0.3, 0.4) is 0 Å². The van der Waals surface area contributed by atoms with Crippen LogP contribution in [0.4, 0.5) is 0 Å². The van der Waals surface area contributed by atoms with Crippen LogP contribution in [0.1, 0.15) is 125 Å². The van der Waals surface area contributed by atoms with Crippen LogP contribution >= 0.6 is 0 Å². The number of nitrogens with two attached hydrogens (primary N) is 2. The fourth-order valence-electron chi connectivity index (χ4n) is 9.45. The van der Waals surface area contributed by atoms with Crippen molar-refractivity contribution in [2.75, 3.05) is 6.54 Å². The molecule has 9 N–H and O–H groups in total. The first-order valence-corrected chi connectivity index (χ1v) is 21.3. The number of ether oxygens (including phenoxy) is 2. The van der Waals surface area contributed by atoms with Crippen LogP contribution in [0.25, 0.3) is 0 Å². The molecule has 0 aromatic heterocycles. The molecule has 11 nitrogen and oxygen atoms in total. The molecule has 5 aliphatic rings. The van der Waals surface area contributed by atoms with E-state index in [1.807, 2.05) is 31.3 Å². The van der Waals surface area contributed by atoms with Crippen LogP contribution in [-0.4, -0.2) is 57.4 Å². The van der Waals surface area contributed by atoms with Gasteiger partial charge in [-0.3, -0.25) is 14.7 Å². The molecule has 1 saturated carbocycles. The molecule has 1 aliphatic carbocycles. The van der Waals surface area contributed by atoms with E-state index >= 15 is 0 Å². The third-order valence-electron chi connectivity index (χ3n) is 12.8. The summed E-state index contributed by atoms with van der Waals surface area (Å²) in [4.78, 5) is 19.6. The van der Waals surface area contributed by atoms with Gasteiger partial charge in [0.25, 0.3) is 6.23 Å². The highest BCUT2D eigenvalue weighted by Gasteiger charge is 2.51. The third-order valence-corrected chi connectivity index (χ3v) is 12.8. The van der Waals surface area contributed by atoms with E-state index in [2.05, 4.69) is 37.0 Å². The quantitative estimate of drug-likeness (QED) is 0.0819. The normalized spacial score (nSPS) is 24.1. The molecule has 0 amide bonds. The molecule has 1 spiro atoms. The van der Waals surface area contributed by atoms with Gasteiger partial charge in [-0.05, 0) is 78.8 Å². The Bertz CT molecular complexity index is 2080. The number of quaternary nitrogens is 1. The number of aliphatic hydroxyl groups is 3. The van der Waals surface area contributed by atoms with Crippen LogP contribution in [0, 0.1) is 41.1 Å². The number of rotatable bonds is 14. The van der Waals surface area contributed by atoms with Crippen LogP contribution < -0.4 is 25.8 Å². The highest BCUT2D eigenvalue weighted by Crippen LogP contribution is 2.47. The van der Waals surface area contributed by atoms with Crippen molar-refractivity contribution in [1.82, 2.24) is 0 Å². The zero-order chi connectivity index (χ0) is 41.0. The molecule has 11 heteroatoms. The van der Waals surface area contributed by atoms with E-state index in [9.17, 15) is 25.2 Å². The summed E-state index contributed by atoms with van der Waals surface area (Å²) in [5, 5.41) is 44.6. The number of aryl methyl sites for hydroxylation is 1. The van der Waals surface area contributed by atoms with Gasteiger partial charge >= 0.3 is 0 Å². The van der Waals surface area contributed by atoms with E-state index in [0.717, 1.165) is 84.2 Å². The average molecular weight is 792 g/mol. The number of aliphatic imine (C=N–C) groups is 1. The maximum Gasteiger partial charge on any atom is 0.252 e. The molecule has 0 radical (unpaired) electrons. The second-order valence-corrected chi connectivity index (χ2v) is 16.8. The Morgan fingerprint density at radius 2 is 1.86 bits per heavy atom. The minimum Gasteiger partial charge on any atom is -0.508 e. The van der Waals surface area contributed by atoms with Crippen molar-refractivity contribution in [2.24, 2.45) is 33.7 Å². The molecule has 7 rings (SSSR count).